The molecule has 120 valence electrons. The molecule has 21 heavy (non-hydrogen) atoms. The van der Waals surface area contributed by atoms with Gasteiger partial charge in [0, 0.05) is 12.3 Å². The molecule has 0 radical (unpaired) electrons. The molecule has 1 rings (SSSR count). The van der Waals surface area contributed by atoms with Crippen molar-refractivity contribution < 1.29 is 4.79 Å². The number of halogens is 1. The number of thioether (sulfide) groups is 1. The van der Waals surface area contributed by atoms with Crippen LogP contribution in [0.5, 0.6) is 0 Å². The number of amides is 1. The molecular formula is C16H27ClN2OS. The van der Waals surface area contributed by atoms with Crippen molar-refractivity contribution in [1.29, 1.82) is 0 Å². The molecule has 3 nitrogen and oxygen atoms in total. The van der Waals surface area contributed by atoms with E-state index in [2.05, 4.69) is 31.3 Å². The van der Waals surface area contributed by atoms with Gasteiger partial charge in [-0.15, -0.1) is 24.2 Å². The van der Waals surface area contributed by atoms with Gasteiger partial charge in [0.25, 0.3) is 0 Å². The largest absolute Gasteiger partial charge is 0.355 e. The SMILES string of the molecule is CC(C)C(SCc1ccccc1)C(=O)NCCCCN.Cl. The van der Waals surface area contributed by atoms with Crippen molar-refractivity contribution in [3.8, 4) is 0 Å². The summed E-state index contributed by atoms with van der Waals surface area (Å²) in [6.07, 6.45) is 1.92. The van der Waals surface area contributed by atoms with E-state index < -0.39 is 0 Å². The average Bonchev–Trinajstić information content (AvgIpc) is 2.44. The highest BCUT2D eigenvalue weighted by molar-refractivity contribution is 7.99. The number of carbonyl (C=O) groups excluding carboxylic acids is 1. The Morgan fingerprint density at radius 2 is 1.90 bits per heavy atom. The van der Waals surface area contributed by atoms with E-state index in [1.165, 1.54) is 5.56 Å². The van der Waals surface area contributed by atoms with Gasteiger partial charge in [0.15, 0.2) is 0 Å². The Labute approximate surface area is 138 Å². The second-order valence-electron chi connectivity index (χ2n) is 5.25. The van der Waals surface area contributed by atoms with Crippen LogP contribution in [-0.2, 0) is 10.5 Å². The normalized spacial score (nSPS) is 11.8. The van der Waals surface area contributed by atoms with Crippen molar-refractivity contribution in [1.82, 2.24) is 5.32 Å². The summed E-state index contributed by atoms with van der Waals surface area (Å²) >= 11 is 1.72. The summed E-state index contributed by atoms with van der Waals surface area (Å²) in [7, 11) is 0. The van der Waals surface area contributed by atoms with Crippen LogP contribution in [0.25, 0.3) is 0 Å². The van der Waals surface area contributed by atoms with E-state index in [4.69, 9.17) is 5.73 Å². The second kappa shape index (κ2) is 11.9. The molecule has 1 atom stereocenters. The van der Waals surface area contributed by atoms with E-state index in [1.54, 1.807) is 11.8 Å². The molecule has 5 heteroatoms. The number of hydrogen-bond acceptors (Lipinski definition) is 3. The molecule has 3 N–H and O–H groups in total. The number of carbonyl (C=O) groups is 1. The van der Waals surface area contributed by atoms with Crippen LogP contribution in [0.4, 0.5) is 0 Å². The molecule has 0 aliphatic rings. The Bertz CT molecular complexity index is 387. The van der Waals surface area contributed by atoms with Gasteiger partial charge in [-0.1, -0.05) is 44.2 Å². The first-order valence-corrected chi connectivity index (χ1v) is 8.33. The summed E-state index contributed by atoms with van der Waals surface area (Å²) in [6.45, 7) is 5.61. The first-order valence-electron chi connectivity index (χ1n) is 7.28. The minimum absolute atomic E-state index is 0. The van der Waals surface area contributed by atoms with Gasteiger partial charge in [-0.3, -0.25) is 4.79 Å². The number of unbranched alkanes of at least 4 members (excludes halogenated alkanes) is 1. The van der Waals surface area contributed by atoms with Crippen molar-refractivity contribution in [2.75, 3.05) is 13.1 Å². The molecule has 0 spiro atoms. The monoisotopic (exact) mass is 330 g/mol. The molecular weight excluding hydrogens is 304 g/mol. The fourth-order valence-corrected chi connectivity index (χ4v) is 3.10. The van der Waals surface area contributed by atoms with Gasteiger partial charge in [-0.2, -0.15) is 0 Å². The minimum Gasteiger partial charge on any atom is -0.355 e. The van der Waals surface area contributed by atoms with Crippen molar-refractivity contribution in [3.63, 3.8) is 0 Å². The summed E-state index contributed by atoms with van der Waals surface area (Å²) in [4.78, 5) is 12.2. The molecule has 0 bridgehead atoms. The third kappa shape index (κ3) is 8.34. The van der Waals surface area contributed by atoms with Gasteiger partial charge in [0.1, 0.15) is 0 Å². The molecule has 0 heterocycles. The van der Waals surface area contributed by atoms with Gasteiger partial charge < -0.3 is 11.1 Å². The Kier molecular flexibility index (Phi) is 11.5. The van der Waals surface area contributed by atoms with Crippen LogP contribution in [0.1, 0.15) is 32.3 Å². The molecule has 1 aromatic carbocycles. The van der Waals surface area contributed by atoms with Crippen molar-refractivity contribution >= 4 is 30.1 Å². The highest BCUT2D eigenvalue weighted by Gasteiger charge is 2.22. The second-order valence-corrected chi connectivity index (χ2v) is 6.38. The number of rotatable bonds is 9. The van der Waals surface area contributed by atoms with Gasteiger partial charge >= 0.3 is 0 Å². The van der Waals surface area contributed by atoms with Crippen molar-refractivity contribution in [2.45, 2.75) is 37.7 Å². The Morgan fingerprint density at radius 3 is 2.48 bits per heavy atom. The summed E-state index contributed by atoms with van der Waals surface area (Å²) in [5.74, 6) is 1.36. The fraction of sp³-hybridized carbons (Fsp3) is 0.562. The summed E-state index contributed by atoms with van der Waals surface area (Å²) < 4.78 is 0. The van der Waals surface area contributed by atoms with Crippen LogP contribution in [0.2, 0.25) is 0 Å². The van der Waals surface area contributed by atoms with Gasteiger partial charge in [-0.05, 0) is 30.9 Å². The predicted octanol–water partition coefficient (Wildman–Crippen LogP) is 3.22. The van der Waals surface area contributed by atoms with Crippen molar-refractivity contribution in [3.05, 3.63) is 35.9 Å². The van der Waals surface area contributed by atoms with E-state index in [0.717, 1.165) is 25.1 Å². The zero-order chi connectivity index (χ0) is 14.8. The molecule has 0 fully saturated rings. The third-order valence-corrected chi connectivity index (χ3v) is 4.68. The maximum Gasteiger partial charge on any atom is 0.233 e. The van der Waals surface area contributed by atoms with Gasteiger partial charge in [0.2, 0.25) is 5.91 Å². The van der Waals surface area contributed by atoms with E-state index in [-0.39, 0.29) is 23.6 Å². The highest BCUT2D eigenvalue weighted by Crippen LogP contribution is 2.23. The van der Waals surface area contributed by atoms with E-state index >= 15 is 0 Å². The lowest BCUT2D eigenvalue weighted by Gasteiger charge is -2.20. The smallest absolute Gasteiger partial charge is 0.233 e. The van der Waals surface area contributed by atoms with Crippen LogP contribution < -0.4 is 11.1 Å². The maximum absolute atomic E-state index is 12.2. The minimum atomic E-state index is 0. The zero-order valence-corrected chi connectivity index (χ0v) is 14.5. The summed E-state index contributed by atoms with van der Waals surface area (Å²) in [5.41, 5.74) is 6.71. The lowest BCUT2D eigenvalue weighted by molar-refractivity contribution is -0.121. The molecule has 0 saturated heterocycles. The van der Waals surface area contributed by atoms with Crippen LogP contribution in [-0.4, -0.2) is 24.2 Å². The molecule has 0 aliphatic carbocycles. The van der Waals surface area contributed by atoms with Gasteiger partial charge in [-0.25, -0.2) is 0 Å². The zero-order valence-electron chi connectivity index (χ0n) is 12.9. The molecule has 0 saturated carbocycles. The number of hydrogen-bond donors (Lipinski definition) is 2. The van der Waals surface area contributed by atoms with E-state index in [0.29, 0.717) is 12.5 Å². The predicted molar refractivity (Wildman–Crippen MR) is 94.9 cm³/mol. The van der Waals surface area contributed by atoms with Crippen LogP contribution >= 0.6 is 24.2 Å². The summed E-state index contributed by atoms with van der Waals surface area (Å²) in [5, 5.41) is 3.03. The number of nitrogens with one attached hydrogen (secondary N) is 1. The Morgan fingerprint density at radius 1 is 1.24 bits per heavy atom. The standard InChI is InChI=1S/C16H26N2OS.ClH/c1-13(2)15(16(19)18-11-7-6-10-17)20-12-14-8-4-3-5-9-14;/h3-5,8-9,13,15H,6-7,10-12,17H2,1-2H3,(H,18,19);1H. The highest BCUT2D eigenvalue weighted by atomic mass is 35.5. The molecule has 0 aromatic heterocycles. The quantitative estimate of drug-likeness (QED) is 0.683. The molecule has 1 amide bonds. The molecule has 0 aliphatic heterocycles. The number of nitrogens with two attached hydrogens (primary N) is 1. The first kappa shape index (κ1) is 20.3. The van der Waals surface area contributed by atoms with Crippen LogP contribution in [0, 0.1) is 5.92 Å². The lowest BCUT2D eigenvalue weighted by atomic mass is 10.1. The first-order chi connectivity index (χ1) is 9.65. The van der Waals surface area contributed by atoms with E-state index in [1.807, 2.05) is 18.2 Å². The molecule has 1 aromatic rings. The van der Waals surface area contributed by atoms with Crippen LogP contribution in [0.15, 0.2) is 30.3 Å². The average molecular weight is 331 g/mol. The molecule has 1 unspecified atom stereocenters. The van der Waals surface area contributed by atoms with Crippen LogP contribution in [0.3, 0.4) is 0 Å². The lowest BCUT2D eigenvalue weighted by Crippen LogP contribution is -2.36. The topological polar surface area (TPSA) is 55.1 Å². The summed E-state index contributed by atoms with van der Waals surface area (Å²) in [6, 6.07) is 10.3. The number of benzene rings is 1. The fourth-order valence-electron chi connectivity index (χ4n) is 1.91. The third-order valence-electron chi connectivity index (χ3n) is 3.07. The van der Waals surface area contributed by atoms with E-state index in [9.17, 15) is 4.79 Å². The Balaban J connectivity index is 0.00000400. The van der Waals surface area contributed by atoms with Gasteiger partial charge in [0.05, 0.1) is 5.25 Å². The van der Waals surface area contributed by atoms with Crippen molar-refractivity contribution in [2.24, 2.45) is 11.7 Å². The Hall–Kier alpha value is -0.710. The maximum atomic E-state index is 12.2.